The van der Waals surface area contributed by atoms with Crippen molar-refractivity contribution >= 4 is 23.0 Å². The Morgan fingerprint density at radius 3 is 3.00 bits per heavy atom. The second-order valence-corrected chi connectivity index (χ2v) is 4.59. The number of nitrogens with zero attached hydrogens (tertiary/aromatic N) is 3. The fourth-order valence-corrected chi connectivity index (χ4v) is 2.09. The van der Waals surface area contributed by atoms with Crippen molar-refractivity contribution in [2.45, 2.75) is 26.8 Å². The Balaban J connectivity index is 2.03. The topological polar surface area (TPSA) is 95.1 Å². The first-order valence-electron chi connectivity index (χ1n) is 7.15. The fourth-order valence-electron chi connectivity index (χ4n) is 2.09. The summed E-state index contributed by atoms with van der Waals surface area (Å²) in [7, 11) is 0. The standard InChI is InChI=1S/C14H21N5O2/c1-3-19-12-11(18-14(19)15)8-10(9-17-12)13(20)16-6-5-7-21-4-2/h8-9H,3-7H2,1-2H3,(H2,15,18)(H,16,20). The van der Waals surface area contributed by atoms with Crippen LogP contribution < -0.4 is 11.1 Å². The Morgan fingerprint density at radius 1 is 1.48 bits per heavy atom. The number of hydrogen-bond acceptors (Lipinski definition) is 5. The molecule has 21 heavy (non-hydrogen) atoms. The Bertz CT molecular complexity index is 623. The number of nitrogens with two attached hydrogens (primary N) is 1. The van der Waals surface area contributed by atoms with E-state index in [9.17, 15) is 4.79 Å². The number of anilines is 1. The van der Waals surface area contributed by atoms with Gasteiger partial charge >= 0.3 is 0 Å². The number of carbonyl (C=O) groups is 1. The Kier molecular flexibility index (Phi) is 5.10. The third-order valence-corrected chi connectivity index (χ3v) is 3.15. The fraction of sp³-hybridized carbons (Fsp3) is 0.500. The maximum absolute atomic E-state index is 12.0. The molecular formula is C14H21N5O2. The third-order valence-electron chi connectivity index (χ3n) is 3.15. The van der Waals surface area contributed by atoms with Crippen LogP contribution in [-0.2, 0) is 11.3 Å². The van der Waals surface area contributed by atoms with E-state index in [4.69, 9.17) is 10.5 Å². The minimum Gasteiger partial charge on any atom is -0.382 e. The van der Waals surface area contributed by atoms with Gasteiger partial charge in [0.05, 0.1) is 5.56 Å². The van der Waals surface area contributed by atoms with Gasteiger partial charge in [-0.15, -0.1) is 0 Å². The van der Waals surface area contributed by atoms with Crippen LogP contribution in [0.1, 0.15) is 30.6 Å². The molecule has 3 N–H and O–H groups in total. The number of imidazole rings is 1. The van der Waals surface area contributed by atoms with E-state index in [0.717, 1.165) is 6.42 Å². The van der Waals surface area contributed by atoms with Gasteiger partial charge in [-0.2, -0.15) is 0 Å². The van der Waals surface area contributed by atoms with E-state index in [1.54, 1.807) is 16.8 Å². The molecule has 7 heteroatoms. The Hall–Kier alpha value is -2.15. The molecule has 2 aromatic heterocycles. The molecule has 0 aliphatic heterocycles. The van der Waals surface area contributed by atoms with E-state index in [-0.39, 0.29) is 5.91 Å². The largest absolute Gasteiger partial charge is 0.382 e. The maximum atomic E-state index is 12.0. The second-order valence-electron chi connectivity index (χ2n) is 4.59. The van der Waals surface area contributed by atoms with Crippen LogP contribution in [0.15, 0.2) is 12.3 Å². The quantitative estimate of drug-likeness (QED) is 0.747. The highest BCUT2D eigenvalue weighted by Gasteiger charge is 2.12. The molecule has 0 fully saturated rings. The predicted octanol–water partition coefficient (Wildman–Crippen LogP) is 1.19. The number of rotatable bonds is 7. The number of aromatic nitrogens is 3. The van der Waals surface area contributed by atoms with Crippen LogP contribution in [0.5, 0.6) is 0 Å². The number of aryl methyl sites for hydroxylation is 1. The van der Waals surface area contributed by atoms with Crippen LogP contribution in [0, 0.1) is 0 Å². The van der Waals surface area contributed by atoms with E-state index < -0.39 is 0 Å². The molecule has 0 aliphatic carbocycles. The number of fused-ring (bicyclic) bond motifs is 1. The molecule has 2 aromatic rings. The summed E-state index contributed by atoms with van der Waals surface area (Å²) in [5, 5.41) is 2.83. The van der Waals surface area contributed by atoms with Crippen molar-refractivity contribution in [3.63, 3.8) is 0 Å². The van der Waals surface area contributed by atoms with Gasteiger partial charge in [0.2, 0.25) is 5.95 Å². The molecular weight excluding hydrogens is 270 g/mol. The highest BCUT2D eigenvalue weighted by molar-refractivity contribution is 5.96. The van der Waals surface area contributed by atoms with Gasteiger partial charge in [-0.05, 0) is 26.3 Å². The van der Waals surface area contributed by atoms with Gasteiger partial charge in [0.1, 0.15) is 5.52 Å². The van der Waals surface area contributed by atoms with Crippen LogP contribution >= 0.6 is 0 Å². The van der Waals surface area contributed by atoms with Crippen LogP contribution in [0.3, 0.4) is 0 Å². The van der Waals surface area contributed by atoms with Gasteiger partial charge in [-0.3, -0.25) is 9.36 Å². The van der Waals surface area contributed by atoms with Gasteiger partial charge in [0, 0.05) is 32.5 Å². The lowest BCUT2D eigenvalue weighted by atomic mass is 10.2. The van der Waals surface area contributed by atoms with Crippen LogP contribution in [0.4, 0.5) is 5.95 Å². The number of ether oxygens (including phenoxy) is 1. The molecule has 0 unspecified atom stereocenters. The zero-order valence-corrected chi connectivity index (χ0v) is 12.4. The lowest BCUT2D eigenvalue weighted by Crippen LogP contribution is -2.25. The highest BCUT2D eigenvalue weighted by Crippen LogP contribution is 2.16. The first-order chi connectivity index (χ1) is 10.2. The van der Waals surface area contributed by atoms with E-state index >= 15 is 0 Å². The van der Waals surface area contributed by atoms with Crippen molar-refractivity contribution in [1.29, 1.82) is 0 Å². The maximum Gasteiger partial charge on any atom is 0.252 e. The van der Waals surface area contributed by atoms with Crippen LogP contribution in [0.25, 0.3) is 11.2 Å². The molecule has 1 amide bonds. The van der Waals surface area contributed by atoms with Crippen LogP contribution in [0.2, 0.25) is 0 Å². The van der Waals surface area contributed by atoms with Gasteiger partial charge in [0.15, 0.2) is 5.65 Å². The first kappa shape index (κ1) is 15.2. The van der Waals surface area contributed by atoms with Crippen molar-refractivity contribution in [2.24, 2.45) is 0 Å². The van der Waals surface area contributed by atoms with Gasteiger partial charge < -0.3 is 15.8 Å². The van der Waals surface area contributed by atoms with Gasteiger partial charge in [-0.1, -0.05) is 0 Å². The molecule has 114 valence electrons. The molecule has 0 aromatic carbocycles. The summed E-state index contributed by atoms with van der Waals surface area (Å²) in [5.41, 5.74) is 7.63. The summed E-state index contributed by atoms with van der Waals surface area (Å²) in [6.45, 7) is 6.51. The molecule has 0 saturated carbocycles. The molecule has 2 heterocycles. The van der Waals surface area contributed by atoms with Crippen molar-refractivity contribution in [3.8, 4) is 0 Å². The molecule has 0 atom stereocenters. The van der Waals surface area contributed by atoms with E-state index in [1.165, 1.54) is 0 Å². The van der Waals surface area contributed by atoms with Crippen molar-refractivity contribution in [2.75, 3.05) is 25.5 Å². The zero-order valence-electron chi connectivity index (χ0n) is 12.4. The molecule has 0 bridgehead atoms. The minimum atomic E-state index is -0.162. The smallest absolute Gasteiger partial charge is 0.252 e. The number of pyridine rings is 1. The number of amides is 1. The average molecular weight is 291 g/mol. The van der Waals surface area contributed by atoms with Crippen molar-refractivity contribution in [3.05, 3.63) is 17.8 Å². The number of hydrogen-bond donors (Lipinski definition) is 2. The van der Waals surface area contributed by atoms with E-state index in [0.29, 0.717) is 49.0 Å². The molecule has 0 radical (unpaired) electrons. The molecule has 7 nitrogen and oxygen atoms in total. The summed E-state index contributed by atoms with van der Waals surface area (Å²) in [5.74, 6) is 0.250. The van der Waals surface area contributed by atoms with E-state index in [1.807, 2.05) is 13.8 Å². The summed E-state index contributed by atoms with van der Waals surface area (Å²) in [6, 6.07) is 1.71. The highest BCUT2D eigenvalue weighted by atomic mass is 16.5. The number of nitrogens with one attached hydrogen (secondary N) is 1. The SMILES string of the molecule is CCOCCCNC(=O)c1cnc2c(c1)nc(N)n2CC. The second kappa shape index (κ2) is 7.03. The Labute approximate surface area is 123 Å². The zero-order chi connectivity index (χ0) is 15.2. The lowest BCUT2D eigenvalue weighted by molar-refractivity contribution is 0.0944. The van der Waals surface area contributed by atoms with E-state index in [2.05, 4.69) is 15.3 Å². The summed E-state index contributed by atoms with van der Waals surface area (Å²) < 4.78 is 7.02. The van der Waals surface area contributed by atoms with Gasteiger partial charge in [0.25, 0.3) is 5.91 Å². The van der Waals surface area contributed by atoms with Crippen molar-refractivity contribution in [1.82, 2.24) is 19.9 Å². The normalized spacial score (nSPS) is 11.0. The monoisotopic (exact) mass is 291 g/mol. The molecule has 0 spiro atoms. The number of nitrogen functional groups attached to an aromatic ring is 1. The van der Waals surface area contributed by atoms with Crippen LogP contribution in [-0.4, -0.2) is 40.2 Å². The number of carbonyl (C=O) groups excluding carboxylic acids is 1. The average Bonchev–Trinajstić information content (AvgIpc) is 2.80. The van der Waals surface area contributed by atoms with Crippen molar-refractivity contribution < 1.29 is 9.53 Å². The van der Waals surface area contributed by atoms with Gasteiger partial charge in [-0.25, -0.2) is 9.97 Å². The lowest BCUT2D eigenvalue weighted by Gasteiger charge is -2.05. The molecule has 2 rings (SSSR count). The Morgan fingerprint density at radius 2 is 2.29 bits per heavy atom. The molecule has 0 saturated heterocycles. The molecule has 0 aliphatic rings. The summed E-state index contributed by atoms with van der Waals surface area (Å²) in [4.78, 5) is 20.5. The summed E-state index contributed by atoms with van der Waals surface area (Å²) in [6.07, 6.45) is 2.33. The summed E-state index contributed by atoms with van der Waals surface area (Å²) >= 11 is 0. The third kappa shape index (κ3) is 3.49. The minimum absolute atomic E-state index is 0.162. The first-order valence-corrected chi connectivity index (χ1v) is 7.15. The predicted molar refractivity (Wildman–Crippen MR) is 81.1 cm³/mol.